The summed E-state index contributed by atoms with van der Waals surface area (Å²) in [6.07, 6.45) is -0.759. The van der Waals surface area contributed by atoms with Crippen molar-refractivity contribution in [3.8, 4) is 0 Å². The van der Waals surface area contributed by atoms with E-state index in [1.807, 2.05) is 30.9 Å². The van der Waals surface area contributed by atoms with Gasteiger partial charge in [0.1, 0.15) is 36.4 Å². The van der Waals surface area contributed by atoms with Crippen molar-refractivity contribution in [1.82, 2.24) is 0 Å². The van der Waals surface area contributed by atoms with Gasteiger partial charge in [0.2, 0.25) is 0 Å². The molecule has 4 N–H and O–H groups in total. The van der Waals surface area contributed by atoms with Gasteiger partial charge < -0.3 is 40.0 Å². The SMILES string of the molecule is CC1(C)CCC(C)(C)c2cc(N(CC(F)(F)F)c3ccc(C(=O)O)c(F)c3)ccc21.CCN(c1ccc(C(=O)O)c(F)c1)c1cc2c(cc1C)C(C)(C)CCC2(C)C.CCN(c1ccc(C(=O)O)c(F)c1)c1ccc2c(c1)C(C)(C)CCC2(C)C.Cc1cc2c(cc1N(CC(F)(F)F)c1ccc(C(=O)O)c(F)c1)C(C)(C)CCC2(C)C. The molecule has 0 radical (unpaired) electrons. The minimum Gasteiger partial charge on any atom is -0.478 e. The maximum atomic E-state index is 14.3. The fourth-order valence-electron chi connectivity index (χ4n) is 16.9. The smallest absolute Gasteiger partial charge is 0.406 e. The molecule has 22 heteroatoms. The molecule has 0 heterocycles. The summed E-state index contributed by atoms with van der Waals surface area (Å²) in [6, 6.07) is 34.8. The second kappa shape index (κ2) is 32.9. The quantitative estimate of drug-likeness (QED) is 0.0679. The molecule has 0 bridgehead atoms. The predicted molar refractivity (Wildman–Crippen MR) is 441 cm³/mol. The number of carboxylic acid groups (broad SMARTS) is 4. The Morgan fingerprint density at radius 1 is 0.293 bits per heavy atom. The van der Waals surface area contributed by atoms with E-state index >= 15 is 0 Å². The summed E-state index contributed by atoms with van der Waals surface area (Å²) in [5.41, 5.74) is 13.5. The van der Waals surface area contributed by atoms with Crippen LogP contribution >= 0.6 is 0 Å². The lowest BCUT2D eigenvalue weighted by molar-refractivity contribution is -0.119. The third kappa shape index (κ3) is 19.5. The zero-order chi connectivity index (χ0) is 86.7. The number of rotatable bonds is 16. The summed E-state index contributed by atoms with van der Waals surface area (Å²) >= 11 is 0. The Hall–Kier alpha value is -9.86. The van der Waals surface area contributed by atoms with E-state index in [2.05, 4.69) is 153 Å². The number of benzene rings is 8. The Labute approximate surface area is 675 Å². The van der Waals surface area contributed by atoms with Crippen LogP contribution in [0.1, 0.15) is 273 Å². The molecular weight excluding hydrogens is 1500 g/mol. The Kier molecular flexibility index (Phi) is 25.6. The largest absolute Gasteiger partial charge is 0.478 e. The first-order valence-electron chi connectivity index (χ1n) is 39.3. The van der Waals surface area contributed by atoms with E-state index in [1.165, 1.54) is 58.7 Å². The zero-order valence-electron chi connectivity index (χ0n) is 70.2. The van der Waals surface area contributed by atoms with Gasteiger partial charge in [0.05, 0.1) is 22.3 Å². The molecule has 8 aromatic carbocycles. The molecule has 8 aromatic rings. The third-order valence-electron chi connectivity index (χ3n) is 24.5. The lowest BCUT2D eigenvalue weighted by Gasteiger charge is -2.43. The monoisotopic (exact) mass is 1610 g/mol. The van der Waals surface area contributed by atoms with Crippen molar-refractivity contribution in [3.05, 3.63) is 235 Å². The van der Waals surface area contributed by atoms with Crippen molar-refractivity contribution in [3.63, 3.8) is 0 Å². The maximum Gasteiger partial charge on any atom is 0.406 e. The Morgan fingerprint density at radius 2 is 0.500 bits per heavy atom. The van der Waals surface area contributed by atoms with E-state index in [1.54, 1.807) is 37.3 Å². The third-order valence-corrected chi connectivity index (χ3v) is 24.5. The maximum absolute atomic E-state index is 14.3. The van der Waals surface area contributed by atoms with E-state index < -0.39 is 83.7 Å². The molecule has 12 nitrogen and oxygen atoms in total. The van der Waals surface area contributed by atoms with Crippen LogP contribution in [0.3, 0.4) is 0 Å². The van der Waals surface area contributed by atoms with Gasteiger partial charge in [0.25, 0.3) is 0 Å². The number of aryl methyl sites for hydroxylation is 2. The minimum atomic E-state index is -4.54. The first-order chi connectivity index (χ1) is 53.4. The van der Waals surface area contributed by atoms with Gasteiger partial charge in [0.15, 0.2) is 0 Å². The number of hydrogen-bond donors (Lipinski definition) is 4. The summed E-state index contributed by atoms with van der Waals surface area (Å²) in [5.74, 6) is -9.01. The second-order valence-corrected chi connectivity index (χ2v) is 36.7. The predicted octanol–water partition coefficient (Wildman–Crippen LogP) is 25.8. The van der Waals surface area contributed by atoms with Crippen LogP contribution in [-0.2, 0) is 43.3 Å². The molecule has 0 aliphatic heterocycles. The van der Waals surface area contributed by atoms with Crippen molar-refractivity contribution in [2.24, 2.45) is 0 Å². The summed E-state index contributed by atoms with van der Waals surface area (Å²) in [7, 11) is 0. The summed E-state index contributed by atoms with van der Waals surface area (Å²) in [4.78, 5) is 50.5. The van der Waals surface area contributed by atoms with Gasteiger partial charge in [-0.15, -0.1) is 0 Å². The molecule has 0 saturated heterocycles. The Morgan fingerprint density at radius 3 is 0.767 bits per heavy atom. The topological polar surface area (TPSA) is 162 Å². The molecule has 0 amide bonds. The Balaban J connectivity index is 0.000000177. The Bertz CT molecular complexity index is 5070. The molecule has 624 valence electrons. The molecule has 0 aromatic heterocycles. The van der Waals surface area contributed by atoms with Gasteiger partial charge in [0, 0.05) is 58.6 Å². The van der Waals surface area contributed by atoms with Crippen LogP contribution in [0.2, 0.25) is 0 Å². The van der Waals surface area contributed by atoms with E-state index in [-0.39, 0.29) is 65.8 Å². The number of carboxylic acids is 4. The first-order valence-corrected chi connectivity index (χ1v) is 39.3. The molecule has 0 unspecified atom stereocenters. The fraction of sp³-hybridized carbons (Fsp3) is 0.447. The number of halogens is 10. The standard InChI is InChI=1S/C24H27F4NO2.C24H30FNO2.C23H25F4NO2.C23H28FNO2/c1-14-10-17-18(23(4,5)9-8-22(17,2)3)12-20(14)29(13-24(26,27)28)15-6-7-16(21(30)31)19(25)11-15;1-7-26(16-8-9-17(22(27)28)20(25)13-16)21-14-19-18(12-15(21)2)23(3,4)10-11-24(19,5)6;1-21(2)9-10-22(3,4)18-11-14(6-8-17(18)21)28(13-23(25,26)27)15-5-7-16(20(29)30)19(24)12-15;1-6-25(16-7-9-17(21(26)27)20(24)14-16)15-8-10-18-19(13-15)23(4,5)12-11-22(18,2)3/h6-7,10-12H,8-9,13H2,1-5H3,(H,30,31);8-9,12-14H,7,10-11H2,1-6H3,(H,27,28);5-8,11-12H,9-10,13H2,1-4H3,(H,29,30);7-10,13-14H,6,11-12H2,1-5H3,(H,26,27). The number of alkyl halides is 6. The lowest BCUT2D eigenvalue weighted by Crippen LogP contribution is -2.35. The van der Waals surface area contributed by atoms with E-state index in [0.29, 0.717) is 41.4 Å². The number of fused-ring (bicyclic) bond motifs is 4. The average molecular weight is 1610 g/mol. The van der Waals surface area contributed by atoms with Crippen LogP contribution < -0.4 is 19.6 Å². The van der Waals surface area contributed by atoms with Crippen molar-refractivity contribution in [2.75, 3.05) is 45.8 Å². The van der Waals surface area contributed by atoms with Crippen LogP contribution in [-0.4, -0.2) is 82.8 Å². The highest BCUT2D eigenvalue weighted by molar-refractivity contribution is 5.91. The molecular formula is C94H110F10N4O8. The highest BCUT2D eigenvalue weighted by Gasteiger charge is 2.44. The molecule has 0 spiro atoms. The molecule has 0 saturated carbocycles. The van der Waals surface area contributed by atoms with Gasteiger partial charge in [-0.25, -0.2) is 36.7 Å². The first kappa shape index (κ1) is 90.1. The van der Waals surface area contributed by atoms with Gasteiger partial charge >= 0.3 is 36.2 Å². The number of nitrogens with zero attached hydrogens (tertiary/aromatic N) is 4. The fourth-order valence-corrected chi connectivity index (χ4v) is 16.9. The minimum absolute atomic E-state index is 0.0456. The number of aromatic carboxylic acids is 4. The van der Waals surface area contributed by atoms with E-state index in [9.17, 15) is 63.1 Å². The van der Waals surface area contributed by atoms with Crippen LogP contribution in [0.25, 0.3) is 0 Å². The second-order valence-electron chi connectivity index (χ2n) is 36.7. The van der Waals surface area contributed by atoms with Crippen LogP contribution in [0, 0.1) is 37.1 Å². The van der Waals surface area contributed by atoms with Crippen LogP contribution in [0.5, 0.6) is 0 Å². The van der Waals surface area contributed by atoms with Crippen molar-refractivity contribution >= 4 is 69.4 Å². The number of hydrogen-bond acceptors (Lipinski definition) is 8. The summed E-state index contributed by atoms with van der Waals surface area (Å²) in [6.45, 7) is 41.7. The van der Waals surface area contributed by atoms with Crippen LogP contribution in [0.4, 0.5) is 89.4 Å². The molecule has 4 aliphatic rings. The molecule has 0 atom stereocenters. The highest BCUT2D eigenvalue weighted by atomic mass is 19.4. The van der Waals surface area contributed by atoms with Gasteiger partial charge in [-0.1, -0.05) is 135 Å². The normalized spacial score (nSPS) is 17.2. The molecule has 4 aliphatic carbocycles. The van der Waals surface area contributed by atoms with Crippen molar-refractivity contribution in [1.29, 1.82) is 0 Å². The van der Waals surface area contributed by atoms with E-state index in [0.717, 1.165) is 125 Å². The summed E-state index contributed by atoms with van der Waals surface area (Å²) in [5, 5.41) is 36.2. The highest BCUT2D eigenvalue weighted by Crippen LogP contribution is 2.53. The lowest BCUT2D eigenvalue weighted by atomic mass is 9.63. The van der Waals surface area contributed by atoms with Gasteiger partial charge in [-0.2, -0.15) is 26.3 Å². The van der Waals surface area contributed by atoms with E-state index in [4.69, 9.17) is 20.4 Å². The van der Waals surface area contributed by atoms with Gasteiger partial charge in [-0.05, 0) is 287 Å². The number of anilines is 8. The number of carbonyl (C=O) groups is 4. The summed E-state index contributed by atoms with van der Waals surface area (Å²) < 4.78 is 138. The van der Waals surface area contributed by atoms with Gasteiger partial charge in [-0.3, -0.25) is 0 Å². The average Bonchev–Trinajstić information content (AvgIpc) is 0.759. The molecule has 116 heavy (non-hydrogen) atoms. The van der Waals surface area contributed by atoms with Crippen molar-refractivity contribution < 1.29 is 83.5 Å². The molecule has 0 fully saturated rings. The van der Waals surface area contributed by atoms with Crippen LogP contribution in [0.15, 0.2) is 133 Å². The molecule has 12 rings (SSSR count). The van der Waals surface area contributed by atoms with Crippen molar-refractivity contribution in [2.45, 2.75) is 246 Å². The zero-order valence-corrected chi connectivity index (χ0v) is 70.2.